The Balaban J connectivity index is 2.88. The maximum absolute atomic E-state index is 10.6. The number of hydrogen-bond acceptors (Lipinski definition) is 4. The van der Waals surface area contributed by atoms with Crippen molar-refractivity contribution in [2.24, 2.45) is 0 Å². The number of nitrogens with zero attached hydrogens (tertiary/aromatic N) is 2. The van der Waals surface area contributed by atoms with Crippen molar-refractivity contribution in [1.29, 1.82) is 0 Å². The summed E-state index contributed by atoms with van der Waals surface area (Å²) >= 11 is 0. The minimum atomic E-state index is -0.497. The van der Waals surface area contributed by atoms with Gasteiger partial charge in [0.15, 0.2) is 0 Å². The zero-order chi connectivity index (χ0) is 10.1. The van der Waals surface area contributed by atoms with Gasteiger partial charge < -0.3 is 5.11 Å². The number of non-ortho nitro benzene ring substituents is 1. The summed E-state index contributed by atoms with van der Waals surface area (Å²) in [5.74, 6) is 0.0213. The molecule has 0 unspecified atom stereocenters. The number of aromatic hydroxyl groups is 1. The number of fused-ring (bicyclic) bond motifs is 1. The number of rotatable bonds is 1. The van der Waals surface area contributed by atoms with Crippen LogP contribution in [0.3, 0.4) is 0 Å². The highest BCUT2D eigenvalue weighted by atomic mass is 16.6. The fraction of sp³-hybridized carbons (Fsp3) is 0. The molecule has 2 aromatic rings. The molecule has 1 aromatic carbocycles. The molecule has 0 atom stereocenters. The van der Waals surface area contributed by atoms with Gasteiger partial charge in [-0.05, 0) is 12.1 Å². The molecule has 0 aliphatic carbocycles. The molecule has 0 bridgehead atoms. The maximum Gasteiger partial charge on any atom is 0.279 e. The summed E-state index contributed by atoms with van der Waals surface area (Å²) in [5.41, 5.74) is -0.0501. The van der Waals surface area contributed by atoms with Crippen LogP contribution in [-0.4, -0.2) is 15.0 Å². The lowest BCUT2D eigenvalue weighted by Gasteiger charge is -2.00. The largest absolute Gasteiger partial charge is 0.507 e. The Kier molecular flexibility index (Phi) is 1.78. The summed E-state index contributed by atoms with van der Waals surface area (Å²) < 4.78 is 0. The van der Waals surface area contributed by atoms with E-state index in [-0.39, 0.29) is 11.4 Å². The Morgan fingerprint density at radius 3 is 2.79 bits per heavy atom. The lowest BCUT2D eigenvalue weighted by Crippen LogP contribution is -1.89. The van der Waals surface area contributed by atoms with Gasteiger partial charge in [0.05, 0.1) is 10.3 Å². The van der Waals surface area contributed by atoms with Crippen LogP contribution in [0.15, 0.2) is 30.6 Å². The first-order chi connectivity index (χ1) is 6.70. The Bertz CT molecular complexity index is 510. The first-order valence-electron chi connectivity index (χ1n) is 3.90. The smallest absolute Gasteiger partial charge is 0.279 e. The van der Waals surface area contributed by atoms with Crippen LogP contribution in [-0.2, 0) is 0 Å². The minimum Gasteiger partial charge on any atom is -0.507 e. The zero-order valence-electron chi connectivity index (χ0n) is 7.04. The van der Waals surface area contributed by atoms with Gasteiger partial charge in [0.1, 0.15) is 5.75 Å². The molecular weight excluding hydrogens is 184 g/mol. The molecule has 1 aromatic heterocycles. The summed E-state index contributed by atoms with van der Waals surface area (Å²) in [7, 11) is 0. The van der Waals surface area contributed by atoms with E-state index in [1.807, 2.05) is 0 Å². The first kappa shape index (κ1) is 8.43. The third-order valence-corrected chi connectivity index (χ3v) is 1.97. The van der Waals surface area contributed by atoms with E-state index in [0.29, 0.717) is 10.8 Å². The van der Waals surface area contributed by atoms with Gasteiger partial charge in [-0.3, -0.25) is 15.1 Å². The molecule has 0 radical (unpaired) electrons. The third kappa shape index (κ3) is 1.15. The molecule has 0 saturated carbocycles. The third-order valence-electron chi connectivity index (χ3n) is 1.97. The van der Waals surface area contributed by atoms with E-state index in [2.05, 4.69) is 4.98 Å². The quantitative estimate of drug-likeness (QED) is 0.549. The number of nitro benzene ring substituents is 1. The number of pyridine rings is 1. The molecular formula is C9H6N2O3. The predicted molar refractivity (Wildman–Crippen MR) is 50.1 cm³/mol. The van der Waals surface area contributed by atoms with E-state index < -0.39 is 4.92 Å². The van der Waals surface area contributed by atoms with Crippen LogP contribution >= 0.6 is 0 Å². The van der Waals surface area contributed by atoms with Gasteiger partial charge >= 0.3 is 0 Å². The lowest BCUT2D eigenvalue weighted by molar-refractivity contribution is -0.383. The number of phenols is 1. The maximum atomic E-state index is 10.6. The van der Waals surface area contributed by atoms with Gasteiger partial charge in [-0.15, -0.1) is 0 Å². The predicted octanol–water partition coefficient (Wildman–Crippen LogP) is 1.85. The van der Waals surface area contributed by atoms with Crippen molar-refractivity contribution in [3.63, 3.8) is 0 Å². The Labute approximate surface area is 78.8 Å². The second-order valence-corrected chi connectivity index (χ2v) is 2.78. The van der Waals surface area contributed by atoms with E-state index in [1.54, 1.807) is 0 Å². The minimum absolute atomic E-state index is 0.0213. The van der Waals surface area contributed by atoms with Gasteiger partial charge in [0.2, 0.25) is 0 Å². The molecule has 5 heteroatoms. The van der Waals surface area contributed by atoms with Crippen molar-refractivity contribution in [1.82, 2.24) is 4.98 Å². The molecule has 5 nitrogen and oxygen atoms in total. The van der Waals surface area contributed by atoms with Gasteiger partial charge in [-0.25, -0.2) is 0 Å². The number of phenolic OH excluding ortho intramolecular Hbond substituents is 1. The molecule has 1 heterocycles. The van der Waals surface area contributed by atoms with Crippen LogP contribution in [0, 0.1) is 10.1 Å². The molecule has 0 spiro atoms. The van der Waals surface area contributed by atoms with Crippen molar-refractivity contribution in [2.45, 2.75) is 0 Å². The molecule has 2 rings (SSSR count). The number of hydrogen-bond donors (Lipinski definition) is 1. The van der Waals surface area contributed by atoms with Gasteiger partial charge in [0, 0.05) is 23.8 Å². The monoisotopic (exact) mass is 190 g/mol. The molecule has 1 N–H and O–H groups in total. The number of nitro groups is 1. The summed E-state index contributed by atoms with van der Waals surface area (Å²) in [5, 5.41) is 20.8. The summed E-state index contributed by atoms with van der Waals surface area (Å²) in [6.07, 6.45) is 2.85. The van der Waals surface area contributed by atoms with E-state index >= 15 is 0 Å². The van der Waals surface area contributed by atoms with E-state index in [0.717, 1.165) is 0 Å². The number of aromatic nitrogens is 1. The summed E-state index contributed by atoms with van der Waals surface area (Å²) in [6.45, 7) is 0. The van der Waals surface area contributed by atoms with Crippen molar-refractivity contribution in [3.8, 4) is 5.75 Å². The SMILES string of the molecule is O=[N+]([O-])c1ccc(O)c2ccncc12. The highest BCUT2D eigenvalue weighted by molar-refractivity contribution is 5.94. The topological polar surface area (TPSA) is 76.3 Å². The highest BCUT2D eigenvalue weighted by Gasteiger charge is 2.13. The molecule has 14 heavy (non-hydrogen) atoms. The van der Waals surface area contributed by atoms with Gasteiger partial charge in [-0.1, -0.05) is 0 Å². The van der Waals surface area contributed by atoms with Crippen molar-refractivity contribution in [2.75, 3.05) is 0 Å². The second-order valence-electron chi connectivity index (χ2n) is 2.78. The molecule has 0 amide bonds. The van der Waals surface area contributed by atoms with Gasteiger partial charge in [0.25, 0.3) is 5.69 Å². The van der Waals surface area contributed by atoms with Crippen LogP contribution in [0.5, 0.6) is 5.75 Å². The standard InChI is InChI=1S/C9H6N2O3/c12-9-2-1-8(11(13)14)7-5-10-4-3-6(7)9/h1-5,12H. The summed E-state index contributed by atoms with van der Waals surface area (Å²) in [4.78, 5) is 13.9. The Morgan fingerprint density at radius 2 is 2.07 bits per heavy atom. The van der Waals surface area contributed by atoms with Crippen LogP contribution in [0.25, 0.3) is 10.8 Å². The van der Waals surface area contributed by atoms with E-state index in [9.17, 15) is 15.2 Å². The lowest BCUT2D eigenvalue weighted by atomic mass is 10.1. The first-order valence-corrected chi connectivity index (χ1v) is 3.90. The normalized spacial score (nSPS) is 10.3. The highest BCUT2D eigenvalue weighted by Crippen LogP contribution is 2.30. The van der Waals surface area contributed by atoms with Crippen molar-refractivity contribution >= 4 is 16.5 Å². The van der Waals surface area contributed by atoms with Crippen LogP contribution < -0.4 is 0 Å². The summed E-state index contributed by atoms with van der Waals surface area (Å²) in [6, 6.07) is 4.11. The average Bonchev–Trinajstić information content (AvgIpc) is 2.18. The second kappa shape index (κ2) is 2.95. The molecule has 0 saturated heterocycles. The van der Waals surface area contributed by atoms with Crippen LogP contribution in [0.2, 0.25) is 0 Å². The molecule has 70 valence electrons. The van der Waals surface area contributed by atoms with E-state index in [4.69, 9.17) is 0 Å². The average molecular weight is 190 g/mol. The molecule has 0 aliphatic rings. The van der Waals surface area contributed by atoms with Crippen LogP contribution in [0.1, 0.15) is 0 Å². The van der Waals surface area contributed by atoms with Crippen molar-refractivity contribution < 1.29 is 10.0 Å². The van der Waals surface area contributed by atoms with Gasteiger partial charge in [-0.2, -0.15) is 0 Å². The Hall–Kier alpha value is -2.17. The number of benzene rings is 1. The van der Waals surface area contributed by atoms with Crippen LogP contribution in [0.4, 0.5) is 5.69 Å². The fourth-order valence-corrected chi connectivity index (χ4v) is 1.32. The molecule has 0 aliphatic heterocycles. The Morgan fingerprint density at radius 1 is 1.29 bits per heavy atom. The zero-order valence-corrected chi connectivity index (χ0v) is 7.04. The fourth-order valence-electron chi connectivity index (χ4n) is 1.32. The van der Waals surface area contributed by atoms with Crippen molar-refractivity contribution in [3.05, 3.63) is 40.7 Å². The van der Waals surface area contributed by atoms with E-state index in [1.165, 1.54) is 30.6 Å². The molecule has 0 fully saturated rings.